The van der Waals surface area contributed by atoms with Crippen molar-refractivity contribution in [2.45, 2.75) is 43.9 Å². The first-order valence-corrected chi connectivity index (χ1v) is 12.7. The molecule has 0 atom stereocenters. The van der Waals surface area contributed by atoms with Gasteiger partial charge in [-0.1, -0.05) is 13.0 Å². The fraction of sp³-hybridized carbons (Fsp3) is 0.417. The molecule has 2 amide bonds. The third-order valence-electron chi connectivity index (χ3n) is 6.27. The van der Waals surface area contributed by atoms with E-state index in [4.69, 9.17) is 0 Å². The molecule has 2 aromatic rings. The first kappa shape index (κ1) is 23.4. The lowest BCUT2D eigenvalue weighted by Gasteiger charge is -2.30. The number of carbonyl (C=O) groups is 2. The van der Waals surface area contributed by atoms with Crippen LogP contribution >= 0.6 is 0 Å². The number of nitrogens with zero attached hydrogens (tertiary/aromatic N) is 2. The van der Waals surface area contributed by atoms with Crippen LogP contribution in [0, 0.1) is 11.7 Å². The van der Waals surface area contributed by atoms with E-state index in [1.807, 2.05) is 0 Å². The van der Waals surface area contributed by atoms with Gasteiger partial charge in [-0.25, -0.2) is 12.8 Å². The van der Waals surface area contributed by atoms with Gasteiger partial charge in [-0.2, -0.15) is 4.31 Å². The molecule has 4 rings (SSSR count). The van der Waals surface area contributed by atoms with E-state index in [1.54, 1.807) is 18.2 Å². The van der Waals surface area contributed by atoms with Crippen LogP contribution in [-0.2, 0) is 26.0 Å². The molecule has 2 aliphatic heterocycles. The Balaban J connectivity index is 1.56. The standard InChI is InChI=1S/C24H28FN3O4S/c1-17-10-12-27(13-11-17)33(31,32)21-8-9-22-18(14-21)4-2-7-24(30)28(22)16-23(29)26-20-6-3-5-19(25)15-20/h3,5-6,8-9,14-15,17H,2,4,7,10-13,16H2,1H3,(H,26,29). The zero-order chi connectivity index (χ0) is 23.6. The number of halogens is 1. The highest BCUT2D eigenvalue weighted by Gasteiger charge is 2.30. The Bertz CT molecular complexity index is 1160. The third kappa shape index (κ3) is 5.25. The van der Waals surface area contributed by atoms with Crippen molar-refractivity contribution in [3.8, 4) is 0 Å². The Labute approximate surface area is 193 Å². The van der Waals surface area contributed by atoms with Crippen LogP contribution in [0.4, 0.5) is 15.8 Å². The molecule has 2 aromatic carbocycles. The normalized spacial score (nSPS) is 18.0. The summed E-state index contributed by atoms with van der Waals surface area (Å²) in [7, 11) is -3.61. The van der Waals surface area contributed by atoms with Gasteiger partial charge in [0.05, 0.1) is 4.90 Å². The van der Waals surface area contributed by atoms with Crippen molar-refractivity contribution in [1.82, 2.24) is 4.31 Å². The highest BCUT2D eigenvalue weighted by Crippen LogP contribution is 2.31. The second-order valence-electron chi connectivity index (χ2n) is 8.77. The summed E-state index contributed by atoms with van der Waals surface area (Å²) in [5.41, 5.74) is 1.57. The molecule has 2 aliphatic rings. The van der Waals surface area contributed by atoms with E-state index in [0.717, 1.165) is 18.4 Å². The Morgan fingerprint density at radius 2 is 1.88 bits per heavy atom. The van der Waals surface area contributed by atoms with Crippen molar-refractivity contribution in [3.63, 3.8) is 0 Å². The molecule has 176 valence electrons. The molecule has 0 radical (unpaired) electrons. The zero-order valence-corrected chi connectivity index (χ0v) is 19.4. The number of hydrogen-bond acceptors (Lipinski definition) is 4. The second kappa shape index (κ2) is 9.61. The molecule has 0 saturated carbocycles. The van der Waals surface area contributed by atoms with Gasteiger partial charge in [0, 0.05) is 30.9 Å². The van der Waals surface area contributed by atoms with E-state index in [-0.39, 0.29) is 23.8 Å². The number of amides is 2. The van der Waals surface area contributed by atoms with E-state index in [1.165, 1.54) is 33.5 Å². The zero-order valence-electron chi connectivity index (χ0n) is 18.6. The van der Waals surface area contributed by atoms with Crippen LogP contribution in [0.2, 0.25) is 0 Å². The monoisotopic (exact) mass is 473 g/mol. The van der Waals surface area contributed by atoms with Crippen LogP contribution in [0.5, 0.6) is 0 Å². The van der Waals surface area contributed by atoms with E-state index in [9.17, 15) is 22.4 Å². The van der Waals surface area contributed by atoms with Crippen LogP contribution in [0.3, 0.4) is 0 Å². The number of nitrogens with one attached hydrogen (secondary N) is 1. The molecule has 0 spiro atoms. The largest absolute Gasteiger partial charge is 0.324 e. The maximum atomic E-state index is 13.4. The molecule has 0 aliphatic carbocycles. The smallest absolute Gasteiger partial charge is 0.244 e. The maximum Gasteiger partial charge on any atom is 0.244 e. The Kier molecular flexibility index (Phi) is 6.81. The van der Waals surface area contributed by atoms with Gasteiger partial charge in [-0.15, -0.1) is 0 Å². The Morgan fingerprint density at radius 1 is 1.12 bits per heavy atom. The predicted molar refractivity (Wildman–Crippen MR) is 124 cm³/mol. The lowest BCUT2D eigenvalue weighted by molar-refractivity contribution is -0.121. The lowest BCUT2D eigenvalue weighted by atomic mass is 10.0. The highest BCUT2D eigenvalue weighted by molar-refractivity contribution is 7.89. The number of carbonyl (C=O) groups excluding carboxylic acids is 2. The van der Waals surface area contributed by atoms with Gasteiger partial charge in [0.15, 0.2) is 0 Å². The average Bonchev–Trinajstić information content (AvgIpc) is 2.92. The maximum absolute atomic E-state index is 13.4. The van der Waals surface area contributed by atoms with Crippen LogP contribution in [0.1, 0.15) is 38.2 Å². The number of benzene rings is 2. The van der Waals surface area contributed by atoms with E-state index in [2.05, 4.69) is 12.2 Å². The van der Waals surface area contributed by atoms with Gasteiger partial charge in [0.2, 0.25) is 21.8 Å². The summed E-state index contributed by atoms with van der Waals surface area (Å²) in [6, 6.07) is 10.3. The molecule has 1 saturated heterocycles. The number of hydrogen-bond donors (Lipinski definition) is 1. The molecular formula is C24H28FN3O4S. The van der Waals surface area contributed by atoms with E-state index >= 15 is 0 Å². The van der Waals surface area contributed by atoms with Gasteiger partial charge < -0.3 is 10.2 Å². The molecule has 0 bridgehead atoms. The van der Waals surface area contributed by atoms with Crippen molar-refractivity contribution in [3.05, 3.63) is 53.8 Å². The summed E-state index contributed by atoms with van der Waals surface area (Å²) in [6.45, 7) is 2.90. The predicted octanol–water partition coefficient (Wildman–Crippen LogP) is 3.55. The lowest BCUT2D eigenvalue weighted by Crippen LogP contribution is -2.38. The molecule has 0 aromatic heterocycles. The molecule has 1 N–H and O–H groups in total. The van der Waals surface area contributed by atoms with E-state index in [0.29, 0.717) is 43.2 Å². The second-order valence-corrected chi connectivity index (χ2v) is 10.7. The molecule has 0 unspecified atom stereocenters. The minimum absolute atomic E-state index is 0.205. The van der Waals surface area contributed by atoms with Crippen LogP contribution in [0.15, 0.2) is 47.4 Å². The fourth-order valence-corrected chi connectivity index (χ4v) is 5.86. The number of piperidine rings is 1. The molecular weight excluding hydrogens is 445 g/mol. The molecule has 9 heteroatoms. The first-order valence-electron chi connectivity index (χ1n) is 11.2. The molecule has 7 nitrogen and oxygen atoms in total. The number of fused-ring (bicyclic) bond motifs is 1. The quantitative estimate of drug-likeness (QED) is 0.720. The number of anilines is 2. The van der Waals surface area contributed by atoms with E-state index < -0.39 is 21.7 Å². The summed E-state index contributed by atoms with van der Waals surface area (Å²) in [4.78, 5) is 26.9. The topological polar surface area (TPSA) is 86.8 Å². The van der Waals surface area contributed by atoms with Crippen molar-refractivity contribution >= 4 is 33.2 Å². The van der Waals surface area contributed by atoms with Crippen LogP contribution in [-0.4, -0.2) is 44.2 Å². The molecule has 33 heavy (non-hydrogen) atoms. The number of aryl methyl sites for hydroxylation is 1. The average molecular weight is 474 g/mol. The minimum atomic E-state index is -3.61. The summed E-state index contributed by atoms with van der Waals surface area (Å²) < 4.78 is 41.3. The van der Waals surface area contributed by atoms with Crippen molar-refractivity contribution in [1.29, 1.82) is 0 Å². The Hall–Kier alpha value is -2.78. The summed E-state index contributed by atoms with van der Waals surface area (Å²) in [5, 5.41) is 2.61. The number of sulfonamides is 1. The summed E-state index contributed by atoms with van der Waals surface area (Å²) in [5.74, 6) is -0.618. The van der Waals surface area contributed by atoms with Crippen molar-refractivity contribution in [2.75, 3.05) is 29.9 Å². The van der Waals surface area contributed by atoms with Gasteiger partial charge in [-0.3, -0.25) is 9.59 Å². The van der Waals surface area contributed by atoms with Crippen molar-refractivity contribution in [2.24, 2.45) is 5.92 Å². The fourth-order valence-electron chi connectivity index (χ4n) is 4.34. The summed E-state index contributed by atoms with van der Waals surface area (Å²) >= 11 is 0. The Morgan fingerprint density at radius 3 is 2.61 bits per heavy atom. The van der Waals surface area contributed by atoms with Gasteiger partial charge in [0.25, 0.3) is 0 Å². The number of rotatable bonds is 5. The SMILES string of the molecule is CC1CCN(S(=O)(=O)c2ccc3c(c2)CCCC(=O)N3CC(=O)Nc2cccc(F)c2)CC1. The van der Waals surface area contributed by atoms with Gasteiger partial charge in [-0.05, 0) is 73.6 Å². The van der Waals surface area contributed by atoms with Crippen LogP contribution in [0.25, 0.3) is 0 Å². The summed E-state index contributed by atoms with van der Waals surface area (Å²) in [6.07, 6.45) is 3.05. The molecule has 1 fully saturated rings. The van der Waals surface area contributed by atoms with Gasteiger partial charge >= 0.3 is 0 Å². The minimum Gasteiger partial charge on any atom is -0.324 e. The van der Waals surface area contributed by atoms with Crippen molar-refractivity contribution < 1.29 is 22.4 Å². The third-order valence-corrected chi connectivity index (χ3v) is 8.16. The molecule has 2 heterocycles. The highest BCUT2D eigenvalue weighted by atomic mass is 32.2. The van der Waals surface area contributed by atoms with Gasteiger partial charge in [0.1, 0.15) is 12.4 Å². The first-order chi connectivity index (χ1) is 15.7. The van der Waals surface area contributed by atoms with Crippen LogP contribution < -0.4 is 10.2 Å².